The zero-order valence-corrected chi connectivity index (χ0v) is 11.1. The molecule has 0 aliphatic carbocycles. The minimum atomic E-state index is 0. The highest BCUT2D eigenvalue weighted by molar-refractivity contribution is 5.95. The number of hydrazine groups is 1. The highest BCUT2D eigenvalue weighted by Gasteiger charge is 2.29. The zero-order chi connectivity index (χ0) is 11.7. The van der Waals surface area contributed by atoms with Crippen LogP contribution >= 0.6 is 12.4 Å². The summed E-state index contributed by atoms with van der Waals surface area (Å²) in [7, 11) is 0. The Hall–Kier alpha value is -1.10. The zero-order valence-electron chi connectivity index (χ0n) is 10.3. The van der Waals surface area contributed by atoms with E-state index < -0.39 is 0 Å². The van der Waals surface area contributed by atoms with Gasteiger partial charge in [-0.15, -0.1) is 12.4 Å². The lowest BCUT2D eigenvalue weighted by Crippen LogP contribution is -2.56. The van der Waals surface area contributed by atoms with Crippen LogP contribution in [0, 0.1) is 0 Å². The number of hydrogen-bond donors (Lipinski definition) is 1. The van der Waals surface area contributed by atoms with Crippen molar-refractivity contribution in [1.82, 2.24) is 10.3 Å². The van der Waals surface area contributed by atoms with Crippen molar-refractivity contribution in [2.45, 2.75) is 12.8 Å². The van der Waals surface area contributed by atoms with Crippen molar-refractivity contribution in [3.63, 3.8) is 0 Å². The molecule has 1 aromatic rings. The molecule has 2 heterocycles. The minimum absolute atomic E-state index is 0. The summed E-state index contributed by atoms with van der Waals surface area (Å²) in [5.41, 5.74) is 2.36. The number of nitrogens with zero attached hydrogens (tertiary/aromatic N) is 2. The number of nitrogens with one attached hydrogen (secondary N) is 1. The number of carbonyl (C=O) groups is 1. The number of carbonyl (C=O) groups excluding carboxylic acids is 1. The van der Waals surface area contributed by atoms with Crippen LogP contribution in [-0.4, -0.2) is 37.1 Å². The summed E-state index contributed by atoms with van der Waals surface area (Å²) in [6.07, 6.45) is 1.50. The maximum Gasteiger partial charge on any atom is 0.241 e. The Kier molecular flexibility index (Phi) is 4.22. The molecule has 1 amide bonds. The Morgan fingerprint density at radius 3 is 2.56 bits per heavy atom. The van der Waals surface area contributed by atoms with Gasteiger partial charge in [0.1, 0.15) is 0 Å². The van der Waals surface area contributed by atoms with Gasteiger partial charge in [-0.3, -0.25) is 4.79 Å². The van der Waals surface area contributed by atoms with E-state index in [0.717, 1.165) is 38.3 Å². The number of fused-ring (bicyclic) bond motifs is 1. The van der Waals surface area contributed by atoms with E-state index in [-0.39, 0.29) is 18.3 Å². The maximum absolute atomic E-state index is 12.1. The fourth-order valence-corrected chi connectivity index (χ4v) is 2.57. The molecule has 1 fully saturated rings. The molecular weight excluding hydrogens is 250 g/mol. The van der Waals surface area contributed by atoms with Crippen LogP contribution in [0.1, 0.15) is 12.0 Å². The van der Waals surface area contributed by atoms with E-state index in [1.54, 1.807) is 0 Å². The second-order valence-electron chi connectivity index (χ2n) is 4.54. The second kappa shape index (κ2) is 5.69. The molecule has 0 radical (unpaired) electrons. The molecule has 1 saturated heterocycles. The number of anilines is 1. The van der Waals surface area contributed by atoms with Gasteiger partial charge in [0.15, 0.2) is 0 Å². The van der Waals surface area contributed by atoms with Crippen LogP contribution in [0.5, 0.6) is 0 Å². The fraction of sp³-hybridized carbons (Fsp3) is 0.462. The molecule has 0 unspecified atom stereocenters. The molecule has 18 heavy (non-hydrogen) atoms. The molecule has 5 heteroatoms. The molecule has 1 N–H and O–H groups in total. The lowest BCUT2D eigenvalue weighted by Gasteiger charge is -2.40. The van der Waals surface area contributed by atoms with Crippen LogP contribution in [0.4, 0.5) is 5.69 Å². The van der Waals surface area contributed by atoms with Gasteiger partial charge >= 0.3 is 0 Å². The van der Waals surface area contributed by atoms with Gasteiger partial charge < -0.3 is 5.32 Å². The fourth-order valence-electron chi connectivity index (χ4n) is 2.57. The van der Waals surface area contributed by atoms with Crippen molar-refractivity contribution in [2.24, 2.45) is 0 Å². The molecule has 2 aliphatic rings. The molecular formula is C13H18ClN3O. The number of amides is 1. The van der Waals surface area contributed by atoms with Gasteiger partial charge in [-0.05, 0) is 18.1 Å². The van der Waals surface area contributed by atoms with Crippen molar-refractivity contribution in [1.29, 1.82) is 0 Å². The van der Waals surface area contributed by atoms with Gasteiger partial charge in [-0.1, -0.05) is 18.2 Å². The minimum Gasteiger partial charge on any atom is -0.314 e. The van der Waals surface area contributed by atoms with Crippen molar-refractivity contribution in [3.8, 4) is 0 Å². The van der Waals surface area contributed by atoms with Crippen molar-refractivity contribution in [3.05, 3.63) is 29.8 Å². The highest BCUT2D eigenvalue weighted by Crippen LogP contribution is 2.28. The number of hydrogen-bond acceptors (Lipinski definition) is 3. The summed E-state index contributed by atoms with van der Waals surface area (Å²) in [4.78, 5) is 12.1. The lowest BCUT2D eigenvalue weighted by atomic mass is 10.0. The quantitative estimate of drug-likeness (QED) is 0.831. The molecule has 98 valence electrons. The first kappa shape index (κ1) is 13.3. The summed E-state index contributed by atoms with van der Waals surface area (Å²) in [6.45, 7) is 3.71. The van der Waals surface area contributed by atoms with Gasteiger partial charge in [-0.2, -0.15) is 0 Å². The van der Waals surface area contributed by atoms with Gasteiger partial charge in [-0.25, -0.2) is 10.0 Å². The summed E-state index contributed by atoms with van der Waals surface area (Å²) >= 11 is 0. The molecule has 2 aliphatic heterocycles. The number of aryl methyl sites for hydroxylation is 1. The van der Waals surface area contributed by atoms with E-state index in [1.165, 1.54) is 5.56 Å². The van der Waals surface area contributed by atoms with Crippen LogP contribution < -0.4 is 10.3 Å². The molecule has 1 aromatic carbocycles. The number of piperazine rings is 1. The molecule has 0 spiro atoms. The third-order valence-electron chi connectivity index (χ3n) is 3.44. The Balaban J connectivity index is 0.00000120. The topological polar surface area (TPSA) is 35.6 Å². The summed E-state index contributed by atoms with van der Waals surface area (Å²) < 4.78 is 0. The van der Waals surface area contributed by atoms with Gasteiger partial charge in [0.2, 0.25) is 5.91 Å². The first-order valence-corrected chi connectivity index (χ1v) is 6.23. The molecule has 3 rings (SSSR count). The van der Waals surface area contributed by atoms with Crippen LogP contribution in [0.15, 0.2) is 24.3 Å². The van der Waals surface area contributed by atoms with Gasteiger partial charge in [0.05, 0.1) is 5.69 Å². The highest BCUT2D eigenvalue weighted by atomic mass is 35.5. The SMILES string of the molecule is Cl.O=C1CCc2ccccc2N1N1CCNCC1. The first-order valence-electron chi connectivity index (χ1n) is 6.23. The van der Waals surface area contributed by atoms with Crippen LogP contribution in [0.3, 0.4) is 0 Å². The smallest absolute Gasteiger partial charge is 0.241 e. The summed E-state index contributed by atoms with van der Waals surface area (Å²) in [5, 5.41) is 7.37. The van der Waals surface area contributed by atoms with Crippen molar-refractivity contribution < 1.29 is 4.79 Å². The third-order valence-corrected chi connectivity index (χ3v) is 3.44. The number of halogens is 1. The van der Waals surface area contributed by atoms with E-state index in [4.69, 9.17) is 0 Å². The normalized spacial score (nSPS) is 20.2. The first-order chi connectivity index (χ1) is 8.36. The predicted octanol–water partition coefficient (Wildman–Crippen LogP) is 1.21. The van der Waals surface area contributed by atoms with Crippen LogP contribution in [0.25, 0.3) is 0 Å². The van der Waals surface area contributed by atoms with E-state index >= 15 is 0 Å². The monoisotopic (exact) mass is 267 g/mol. The van der Waals surface area contributed by atoms with Crippen molar-refractivity contribution >= 4 is 24.0 Å². The van der Waals surface area contributed by atoms with Gasteiger partial charge in [0.25, 0.3) is 0 Å². The lowest BCUT2D eigenvalue weighted by molar-refractivity contribution is -0.122. The second-order valence-corrected chi connectivity index (χ2v) is 4.54. The van der Waals surface area contributed by atoms with Crippen LogP contribution in [-0.2, 0) is 11.2 Å². The Bertz CT molecular complexity index is 432. The number of para-hydroxylation sites is 1. The maximum atomic E-state index is 12.1. The molecule has 0 aromatic heterocycles. The number of benzene rings is 1. The Labute approximate surface area is 113 Å². The molecule has 0 atom stereocenters. The van der Waals surface area contributed by atoms with Gasteiger partial charge in [0, 0.05) is 32.6 Å². The largest absolute Gasteiger partial charge is 0.314 e. The number of rotatable bonds is 1. The molecule has 0 saturated carbocycles. The van der Waals surface area contributed by atoms with E-state index in [1.807, 2.05) is 17.1 Å². The van der Waals surface area contributed by atoms with E-state index in [0.29, 0.717) is 6.42 Å². The predicted molar refractivity (Wildman–Crippen MR) is 73.9 cm³/mol. The summed E-state index contributed by atoms with van der Waals surface area (Å²) in [5.74, 6) is 0.227. The third kappa shape index (κ3) is 2.36. The Morgan fingerprint density at radius 1 is 1.06 bits per heavy atom. The van der Waals surface area contributed by atoms with Crippen LogP contribution in [0.2, 0.25) is 0 Å². The average molecular weight is 268 g/mol. The van der Waals surface area contributed by atoms with Crippen molar-refractivity contribution in [2.75, 3.05) is 31.2 Å². The standard InChI is InChI=1S/C13H17N3O.ClH/c17-13-6-5-11-3-1-2-4-12(11)16(13)15-9-7-14-8-10-15;/h1-4,14H,5-10H2;1H. The molecule has 4 nitrogen and oxygen atoms in total. The summed E-state index contributed by atoms with van der Waals surface area (Å²) in [6, 6.07) is 8.22. The molecule has 0 bridgehead atoms. The Morgan fingerprint density at radius 2 is 1.78 bits per heavy atom. The van der Waals surface area contributed by atoms with E-state index in [2.05, 4.69) is 22.5 Å². The van der Waals surface area contributed by atoms with E-state index in [9.17, 15) is 4.79 Å². The average Bonchev–Trinajstić information content (AvgIpc) is 2.39.